The van der Waals surface area contributed by atoms with Crippen molar-refractivity contribution in [3.63, 3.8) is 0 Å². The monoisotopic (exact) mass is 171 g/mol. The van der Waals surface area contributed by atoms with Crippen LogP contribution < -0.4 is 5.73 Å². The predicted octanol–water partition coefficient (Wildman–Crippen LogP) is 1.61. The lowest BCUT2D eigenvalue weighted by Gasteiger charge is -1.99. The summed E-state index contributed by atoms with van der Waals surface area (Å²) in [6.07, 6.45) is 6.05. The van der Waals surface area contributed by atoms with Crippen molar-refractivity contribution in [2.24, 2.45) is 0 Å². The van der Waals surface area contributed by atoms with Crippen molar-refractivity contribution in [1.82, 2.24) is 9.55 Å². The molecule has 0 saturated heterocycles. The summed E-state index contributed by atoms with van der Waals surface area (Å²) in [5.41, 5.74) is 5.42. The fourth-order valence-corrected chi connectivity index (χ4v) is 1.07. The maximum atomic E-state index is 11.7. The highest BCUT2D eigenvalue weighted by Crippen LogP contribution is 2.01. The highest BCUT2D eigenvalue weighted by atomic mass is 19.1. The van der Waals surface area contributed by atoms with E-state index in [0.29, 0.717) is 12.2 Å². The second-order valence-corrected chi connectivity index (χ2v) is 2.79. The molecule has 1 heterocycles. The number of anilines is 1. The Labute approximate surface area is 71.4 Å². The maximum absolute atomic E-state index is 11.7. The summed E-state index contributed by atoms with van der Waals surface area (Å²) in [7, 11) is 0. The van der Waals surface area contributed by atoms with Gasteiger partial charge in [-0.3, -0.25) is 4.39 Å². The Bertz CT molecular complexity index is 222. The van der Waals surface area contributed by atoms with Crippen molar-refractivity contribution in [3.8, 4) is 0 Å². The topological polar surface area (TPSA) is 43.8 Å². The van der Waals surface area contributed by atoms with Crippen LogP contribution in [0.25, 0.3) is 0 Å². The van der Waals surface area contributed by atoms with Crippen molar-refractivity contribution < 1.29 is 4.39 Å². The molecule has 12 heavy (non-hydrogen) atoms. The molecule has 0 aliphatic carbocycles. The highest BCUT2D eigenvalue weighted by Gasteiger charge is 1.93. The standard InChI is InChI=1S/C8H14FN3/c9-4-2-1-3-5-12-6-8(10)11-7-12/h6-7H,1-5,10H2. The highest BCUT2D eigenvalue weighted by molar-refractivity contribution is 5.22. The quantitative estimate of drug-likeness (QED) is 0.684. The van der Waals surface area contributed by atoms with Crippen LogP contribution in [0.1, 0.15) is 19.3 Å². The minimum atomic E-state index is -0.216. The Morgan fingerprint density at radius 1 is 1.42 bits per heavy atom. The lowest BCUT2D eigenvalue weighted by atomic mass is 10.2. The van der Waals surface area contributed by atoms with E-state index in [1.165, 1.54) is 0 Å². The Morgan fingerprint density at radius 2 is 2.25 bits per heavy atom. The maximum Gasteiger partial charge on any atom is 0.141 e. The normalized spacial score (nSPS) is 10.4. The predicted molar refractivity (Wildman–Crippen MR) is 46.5 cm³/mol. The molecule has 0 bridgehead atoms. The molecule has 0 unspecified atom stereocenters. The molecule has 0 atom stereocenters. The Morgan fingerprint density at radius 3 is 2.83 bits per heavy atom. The molecule has 4 heteroatoms. The van der Waals surface area contributed by atoms with Gasteiger partial charge in [0.15, 0.2) is 0 Å². The molecule has 68 valence electrons. The third-order valence-electron chi connectivity index (χ3n) is 1.70. The summed E-state index contributed by atoms with van der Waals surface area (Å²) in [4.78, 5) is 3.88. The second kappa shape index (κ2) is 4.74. The van der Waals surface area contributed by atoms with Crippen LogP contribution in [0.3, 0.4) is 0 Å². The number of alkyl halides is 1. The molecule has 0 fully saturated rings. The van der Waals surface area contributed by atoms with Gasteiger partial charge in [-0.2, -0.15) is 0 Å². The summed E-state index contributed by atoms with van der Waals surface area (Å²) in [6.45, 7) is 0.663. The van der Waals surface area contributed by atoms with Gasteiger partial charge in [-0.15, -0.1) is 0 Å². The van der Waals surface area contributed by atoms with Gasteiger partial charge in [-0.25, -0.2) is 4.98 Å². The van der Waals surface area contributed by atoms with Gasteiger partial charge in [0.05, 0.1) is 13.0 Å². The van der Waals surface area contributed by atoms with Crippen LogP contribution in [0.4, 0.5) is 10.2 Å². The number of halogens is 1. The van der Waals surface area contributed by atoms with E-state index in [9.17, 15) is 4.39 Å². The molecule has 0 saturated carbocycles. The fourth-order valence-electron chi connectivity index (χ4n) is 1.07. The largest absolute Gasteiger partial charge is 0.382 e. The molecular weight excluding hydrogens is 157 g/mol. The molecule has 0 aliphatic heterocycles. The number of unbranched alkanes of at least 4 members (excludes halogenated alkanes) is 2. The molecule has 0 radical (unpaired) electrons. The summed E-state index contributed by atoms with van der Waals surface area (Å²) in [6, 6.07) is 0. The zero-order chi connectivity index (χ0) is 8.81. The molecule has 0 amide bonds. The average molecular weight is 171 g/mol. The molecule has 0 spiro atoms. The number of hydrogen-bond acceptors (Lipinski definition) is 2. The van der Waals surface area contributed by atoms with Gasteiger partial charge < -0.3 is 10.3 Å². The molecule has 0 aliphatic rings. The van der Waals surface area contributed by atoms with Crippen molar-refractivity contribution in [1.29, 1.82) is 0 Å². The summed E-state index contributed by atoms with van der Waals surface area (Å²) >= 11 is 0. The molecule has 1 aromatic rings. The van der Waals surface area contributed by atoms with Gasteiger partial charge in [0.25, 0.3) is 0 Å². The SMILES string of the molecule is Nc1cn(CCCCCF)cn1. The fraction of sp³-hybridized carbons (Fsp3) is 0.625. The van der Waals surface area contributed by atoms with E-state index in [-0.39, 0.29) is 6.67 Å². The van der Waals surface area contributed by atoms with Crippen molar-refractivity contribution in [2.45, 2.75) is 25.8 Å². The second-order valence-electron chi connectivity index (χ2n) is 2.79. The summed E-state index contributed by atoms with van der Waals surface area (Å²) < 4.78 is 13.6. The van der Waals surface area contributed by atoms with Crippen LogP contribution in [0, 0.1) is 0 Å². The summed E-state index contributed by atoms with van der Waals surface area (Å²) in [5, 5.41) is 0. The van der Waals surface area contributed by atoms with Crippen molar-refractivity contribution >= 4 is 5.82 Å². The van der Waals surface area contributed by atoms with Gasteiger partial charge in [0, 0.05) is 12.7 Å². The number of nitrogen functional groups attached to an aromatic ring is 1. The van der Waals surface area contributed by atoms with Gasteiger partial charge in [0.2, 0.25) is 0 Å². The Kier molecular flexibility index (Phi) is 3.57. The number of nitrogens with zero attached hydrogens (tertiary/aromatic N) is 2. The van der Waals surface area contributed by atoms with Gasteiger partial charge in [-0.1, -0.05) is 0 Å². The van der Waals surface area contributed by atoms with Crippen LogP contribution in [0.15, 0.2) is 12.5 Å². The number of rotatable bonds is 5. The van der Waals surface area contributed by atoms with Crippen LogP contribution in [-0.4, -0.2) is 16.2 Å². The number of aromatic nitrogens is 2. The van der Waals surface area contributed by atoms with Crippen molar-refractivity contribution in [2.75, 3.05) is 12.4 Å². The van der Waals surface area contributed by atoms with E-state index in [2.05, 4.69) is 4.98 Å². The number of aryl methyl sites for hydroxylation is 1. The third kappa shape index (κ3) is 2.90. The Balaban J connectivity index is 2.15. The van der Waals surface area contributed by atoms with E-state index in [1.54, 1.807) is 12.5 Å². The van der Waals surface area contributed by atoms with E-state index < -0.39 is 0 Å². The molecule has 1 rings (SSSR count). The molecule has 2 N–H and O–H groups in total. The molecular formula is C8H14FN3. The van der Waals surface area contributed by atoms with Crippen molar-refractivity contribution in [3.05, 3.63) is 12.5 Å². The first-order valence-corrected chi connectivity index (χ1v) is 4.16. The van der Waals surface area contributed by atoms with Gasteiger partial charge >= 0.3 is 0 Å². The van der Waals surface area contributed by atoms with E-state index in [1.807, 2.05) is 4.57 Å². The Hall–Kier alpha value is -1.06. The summed E-state index contributed by atoms with van der Waals surface area (Å²) in [5.74, 6) is 0.542. The molecule has 0 aromatic carbocycles. The van der Waals surface area contributed by atoms with Crippen LogP contribution >= 0.6 is 0 Å². The van der Waals surface area contributed by atoms with Gasteiger partial charge in [0.1, 0.15) is 5.82 Å². The van der Waals surface area contributed by atoms with Gasteiger partial charge in [-0.05, 0) is 19.3 Å². The number of nitrogens with two attached hydrogens (primary N) is 1. The van der Waals surface area contributed by atoms with E-state index in [0.717, 1.165) is 19.4 Å². The van der Waals surface area contributed by atoms with E-state index >= 15 is 0 Å². The van der Waals surface area contributed by atoms with Crippen LogP contribution in [-0.2, 0) is 6.54 Å². The first-order valence-electron chi connectivity index (χ1n) is 4.16. The number of imidazole rings is 1. The first-order chi connectivity index (χ1) is 5.83. The molecule has 3 nitrogen and oxygen atoms in total. The average Bonchev–Trinajstić information content (AvgIpc) is 2.45. The first kappa shape index (κ1) is 9.03. The minimum absolute atomic E-state index is 0.216. The van der Waals surface area contributed by atoms with Crippen LogP contribution in [0.5, 0.6) is 0 Å². The van der Waals surface area contributed by atoms with Crippen LogP contribution in [0.2, 0.25) is 0 Å². The lowest BCUT2D eigenvalue weighted by Crippen LogP contribution is -1.94. The minimum Gasteiger partial charge on any atom is -0.382 e. The lowest BCUT2D eigenvalue weighted by molar-refractivity contribution is 0.448. The zero-order valence-electron chi connectivity index (χ0n) is 7.04. The smallest absolute Gasteiger partial charge is 0.141 e. The zero-order valence-corrected chi connectivity index (χ0v) is 7.04. The number of hydrogen-bond donors (Lipinski definition) is 1. The third-order valence-corrected chi connectivity index (χ3v) is 1.70. The van der Waals surface area contributed by atoms with E-state index in [4.69, 9.17) is 5.73 Å². The molecule has 1 aromatic heterocycles.